The van der Waals surface area contributed by atoms with E-state index in [1.54, 1.807) is 0 Å². The number of hydrogen-bond donors (Lipinski definition) is 0. The lowest BCUT2D eigenvalue weighted by atomic mass is 9.98. The molecule has 0 spiro atoms. The minimum atomic E-state index is 0.939. The second-order valence-electron chi connectivity index (χ2n) is 6.94. The Bertz CT molecular complexity index is 1300. The number of rotatable bonds is 4. The summed E-state index contributed by atoms with van der Waals surface area (Å²) in [6.07, 6.45) is 0. The summed E-state index contributed by atoms with van der Waals surface area (Å²) in [7, 11) is 0. The number of benzene rings is 4. The van der Waals surface area contributed by atoms with Gasteiger partial charge in [-0.3, -0.25) is 0 Å². The van der Waals surface area contributed by atoms with Crippen LogP contribution in [0.3, 0.4) is 0 Å². The van der Waals surface area contributed by atoms with Gasteiger partial charge in [-0.15, -0.1) is 0 Å². The van der Waals surface area contributed by atoms with Crippen molar-refractivity contribution in [3.05, 3.63) is 163 Å². The van der Waals surface area contributed by atoms with Gasteiger partial charge in [0.2, 0.25) is 0 Å². The van der Waals surface area contributed by atoms with E-state index in [1.165, 1.54) is 0 Å². The predicted octanol–water partition coefficient (Wildman–Crippen LogP) is 8.84. The molecule has 0 atom stereocenters. The third-order valence-electron chi connectivity index (χ3n) is 4.85. The van der Waals surface area contributed by atoms with Crippen molar-refractivity contribution in [1.82, 2.24) is 0 Å². The summed E-state index contributed by atoms with van der Waals surface area (Å²) in [4.78, 5) is 0. The van der Waals surface area contributed by atoms with Gasteiger partial charge in [-0.2, -0.15) is 0 Å². The van der Waals surface area contributed by atoms with Crippen LogP contribution in [0.5, 0.6) is 0 Å². The Hall–Kier alpha value is -3.30. The van der Waals surface area contributed by atoms with Gasteiger partial charge in [0.25, 0.3) is 0 Å². The second kappa shape index (κ2) is 10.8. The summed E-state index contributed by atoms with van der Waals surface area (Å²) in [5.74, 6) is 0. The van der Waals surface area contributed by atoms with Crippen LogP contribution in [0.4, 0.5) is 0 Å². The third-order valence-corrected chi connectivity index (χ3v) is 6.23. The molecule has 4 aromatic rings. The molecule has 0 nitrogen and oxygen atoms in total. The summed E-state index contributed by atoms with van der Waals surface area (Å²) >= 11 is 7.32. The smallest absolute Gasteiger partial charge is 0.0411 e. The topological polar surface area (TPSA) is 0 Å². The van der Waals surface area contributed by atoms with Gasteiger partial charge in [-0.25, -0.2) is 0 Å². The minimum Gasteiger partial charge on any atom is -0.0622 e. The molecule has 0 aliphatic carbocycles. The van der Waals surface area contributed by atoms with Crippen molar-refractivity contribution in [3.63, 3.8) is 0 Å². The molecule has 0 aliphatic heterocycles. The molecule has 4 aromatic carbocycles. The highest BCUT2D eigenvalue weighted by Crippen LogP contribution is 2.29. The van der Waals surface area contributed by atoms with Crippen LogP contribution >= 0.6 is 31.9 Å². The molecule has 0 aromatic heterocycles. The van der Waals surface area contributed by atoms with Crippen molar-refractivity contribution in [1.29, 1.82) is 0 Å². The maximum atomic E-state index is 3.66. The van der Waals surface area contributed by atoms with E-state index in [0.717, 1.165) is 42.3 Å². The van der Waals surface area contributed by atoms with Gasteiger partial charge in [0.1, 0.15) is 0 Å². The monoisotopic (exact) mass is 536 g/mol. The maximum absolute atomic E-state index is 3.66. The van der Waals surface area contributed by atoms with E-state index in [-0.39, 0.29) is 0 Å². The van der Waals surface area contributed by atoms with Gasteiger partial charge in [-0.05, 0) is 34.7 Å². The van der Waals surface area contributed by atoms with Crippen LogP contribution in [0.1, 0.15) is 22.3 Å². The summed E-state index contributed by atoms with van der Waals surface area (Å²) in [6.45, 7) is 0. The Morgan fingerprint density at radius 1 is 0.438 bits per heavy atom. The van der Waals surface area contributed by atoms with Gasteiger partial charge >= 0.3 is 0 Å². The van der Waals surface area contributed by atoms with Crippen molar-refractivity contribution in [2.75, 3.05) is 0 Å². The van der Waals surface area contributed by atoms with Crippen molar-refractivity contribution in [2.45, 2.75) is 0 Å². The standard InChI is InChI=1S/C30H18Br2/c31-29-21-11-9-19-27(29)25(23-13-3-1-4-14-23)17-7-8-18-26(24-15-5-2-6-16-24)28-20-10-12-22-30(28)32/h1-6,9-16,19-22H. The fourth-order valence-electron chi connectivity index (χ4n) is 3.32. The molecule has 0 saturated heterocycles. The first-order valence-corrected chi connectivity index (χ1v) is 11.7. The van der Waals surface area contributed by atoms with Gasteiger partial charge in [0.05, 0.1) is 0 Å². The molecule has 0 N–H and O–H groups in total. The minimum absolute atomic E-state index is 0.939. The fraction of sp³-hybridized carbons (Fsp3) is 0. The summed E-state index contributed by atoms with van der Waals surface area (Å²) in [5, 5.41) is 0. The Morgan fingerprint density at radius 3 is 1.16 bits per heavy atom. The predicted molar refractivity (Wildman–Crippen MR) is 140 cm³/mol. The molecule has 0 aliphatic rings. The first-order valence-electron chi connectivity index (χ1n) is 10.1. The number of hydrogen-bond acceptors (Lipinski definition) is 0. The maximum Gasteiger partial charge on any atom is 0.0411 e. The first-order chi connectivity index (χ1) is 15.7. The molecule has 0 saturated carbocycles. The van der Waals surface area contributed by atoms with Gasteiger partial charge in [0, 0.05) is 31.2 Å². The van der Waals surface area contributed by atoms with E-state index < -0.39 is 0 Å². The summed E-state index contributed by atoms with van der Waals surface area (Å²) in [6, 6.07) is 36.6. The van der Waals surface area contributed by atoms with Crippen LogP contribution in [0.25, 0.3) is 11.1 Å². The highest BCUT2D eigenvalue weighted by Gasteiger charge is 2.08. The zero-order valence-electron chi connectivity index (χ0n) is 17.1. The van der Waals surface area contributed by atoms with E-state index in [1.807, 2.05) is 72.8 Å². The van der Waals surface area contributed by atoms with Gasteiger partial charge in [0.15, 0.2) is 0 Å². The molecular weight excluding hydrogens is 520 g/mol. The lowest BCUT2D eigenvalue weighted by Crippen LogP contribution is -1.87. The molecule has 32 heavy (non-hydrogen) atoms. The van der Waals surface area contributed by atoms with Crippen molar-refractivity contribution >= 4 is 43.0 Å². The average Bonchev–Trinajstić information content (AvgIpc) is 2.84. The molecule has 0 fully saturated rings. The number of halogens is 2. The van der Waals surface area contributed by atoms with Crippen LogP contribution in [0.15, 0.2) is 141 Å². The van der Waals surface area contributed by atoms with E-state index in [0.29, 0.717) is 0 Å². The lowest BCUT2D eigenvalue weighted by molar-refractivity contribution is 1.52. The zero-order chi connectivity index (χ0) is 22.2. The normalized spacial score (nSPS) is 9.69. The largest absolute Gasteiger partial charge is 0.0622 e. The second-order valence-corrected chi connectivity index (χ2v) is 8.65. The molecule has 0 unspecified atom stereocenters. The highest BCUT2D eigenvalue weighted by atomic mass is 79.9. The Balaban J connectivity index is 1.99. The Labute approximate surface area is 205 Å². The fourth-order valence-corrected chi connectivity index (χ4v) is 4.28. The quantitative estimate of drug-likeness (QED) is 0.228. The van der Waals surface area contributed by atoms with Crippen molar-refractivity contribution < 1.29 is 0 Å². The molecule has 0 heterocycles. The average molecular weight is 538 g/mol. The van der Waals surface area contributed by atoms with Gasteiger partial charge in [-0.1, -0.05) is 140 Å². The van der Waals surface area contributed by atoms with Crippen LogP contribution in [0.2, 0.25) is 0 Å². The summed E-state index contributed by atoms with van der Waals surface area (Å²) in [5.41, 5.74) is 18.9. The van der Waals surface area contributed by atoms with Crippen molar-refractivity contribution in [3.8, 4) is 0 Å². The van der Waals surface area contributed by atoms with Crippen LogP contribution in [-0.2, 0) is 0 Å². The van der Waals surface area contributed by atoms with Gasteiger partial charge < -0.3 is 0 Å². The molecule has 0 bridgehead atoms. The molecular formula is C30H18Br2. The van der Waals surface area contributed by atoms with Crippen molar-refractivity contribution in [2.24, 2.45) is 0 Å². The lowest BCUT2D eigenvalue weighted by Gasteiger charge is -2.07. The van der Waals surface area contributed by atoms with E-state index in [2.05, 4.69) is 91.2 Å². The van der Waals surface area contributed by atoms with Crippen LogP contribution < -0.4 is 0 Å². The molecule has 4 rings (SSSR count). The van der Waals surface area contributed by atoms with Crippen LogP contribution in [0, 0.1) is 0 Å². The first kappa shape index (κ1) is 21.9. The van der Waals surface area contributed by atoms with E-state index >= 15 is 0 Å². The SMILES string of the molecule is Brc1ccccc1C(=C=C=C=C=C(c1ccccc1)c1ccccc1Br)c1ccccc1. The third kappa shape index (κ3) is 5.30. The van der Waals surface area contributed by atoms with E-state index in [9.17, 15) is 0 Å². The Morgan fingerprint density at radius 2 is 0.781 bits per heavy atom. The molecule has 152 valence electrons. The molecule has 0 amide bonds. The highest BCUT2D eigenvalue weighted by molar-refractivity contribution is 9.10. The molecule has 2 heteroatoms. The zero-order valence-corrected chi connectivity index (χ0v) is 20.3. The van der Waals surface area contributed by atoms with E-state index in [4.69, 9.17) is 0 Å². The van der Waals surface area contributed by atoms with Crippen LogP contribution in [-0.4, -0.2) is 0 Å². The molecule has 0 radical (unpaired) electrons. The Kier molecular flexibility index (Phi) is 7.42. The summed E-state index contributed by atoms with van der Waals surface area (Å²) < 4.78 is 2.01.